The lowest BCUT2D eigenvalue weighted by Gasteiger charge is -2.36. The van der Waals surface area contributed by atoms with Crippen LogP contribution in [0.1, 0.15) is 16.7 Å². The van der Waals surface area contributed by atoms with E-state index in [0.29, 0.717) is 21.8 Å². The van der Waals surface area contributed by atoms with E-state index < -0.39 is 16.1 Å². The Morgan fingerprint density at radius 1 is 1.00 bits per heavy atom. The van der Waals surface area contributed by atoms with E-state index in [1.807, 2.05) is 0 Å². The summed E-state index contributed by atoms with van der Waals surface area (Å²) in [6, 6.07) is 19.3. The van der Waals surface area contributed by atoms with Gasteiger partial charge >= 0.3 is 6.03 Å². The van der Waals surface area contributed by atoms with Crippen LogP contribution in [0.15, 0.2) is 71.6 Å². The Balaban J connectivity index is 1.87. The van der Waals surface area contributed by atoms with Crippen molar-refractivity contribution in [2.45, 2.75) is 18.4 Å². The highest BCUT2D eigenvalue weighted by Crippen LogP contribution is 2.39. The summed E-state index contributed by atoms with van der Waals surface area (Å²) in [5, 5.41) is 9.32. The minimum absolute atomic E-state index is 0.0395. The highest BCUT2D eigenvalue weighted by molar-refractivity contribution is 7.94. The van der Waals surface area contributed by atoms with E-state index in [1.54, 1.807) is 61.5 Å². The molecule has 6 nitrogen and oxygen atoms in total. The summed E-state index contributed by atoms with van der Waals surface area (Å²) < 4.78 is 27.5. The van der Waals surface area contributed by atoms with Crippen molar-refractivity contribution < 1.29 is 13.2 Å². The van der Waals surface area contributed by atoms with Crippen molar-refractivity contribution >= 4 is 39.0 Å². The summed E-state index contributed by atoms with van der Waals surface area (Å²) in [4.78, 5) is 14.9. The predicted molar refractivity (Wildman–Crippen MR) is 115 cm³/mol. The number of urea groups is 1. The second-order valence-corrected chi connectivity index (χ2v) is 9.04. The van der Waals surface area contributed by atoms with Crippen LogP contribution in [0, 0.1) is 18.3 Å². The van der Waals surface area contributed by atoms with Gasteiger partial charge in [0.25, 0.3) is 10.0 Å². The lowest BCUT2D eigenvalue weighted by molar-refractivity contribution is 0.253. The van der Waals surface area contributed by atoms with Crippen molar-refractivity contribution in [3.05, 3.63) is 88.4 Å². The second kappa shape index (κ2) is 7.48. The molecule has 2 amide bonds. The zero-order valence-corrected chi connectivity index (χ0v) is 17.5. The number of anilines is 2. The van der Waals surface area contributed by atoms with Crippen molar-refractivity contribution in [3.63, 3.8) is 0 Å². The highest BCUT2D eigenvalue weighted by atomic mass is 35.5. The van der Waals surface area contributed by atoms with Crippen LogP contribution in [-0.2, 0) is 16.6 Å². The highest BCUT2D eigenvalue weighted by Gasteiger charge is 2.43. The van der Waals surface area contributed by atoms with Gasteiger partial charge < -0.3 is 0 Å². The van der Waals surface area contributed by atoms with E-state index in [2.05, 4.69) is 6.07 Å². The molecule has 30 heavy (non-hydrogen) atoms. The number of amides is 2. The van der Waals surface area contributed by atoms with Crippen LogP contribution in [0.5, 0.6) is 0 Å². The third-order valence-electron chi connectivity index (χ3n) is 4.89. The SMILES string of the molecule is Cc1ccc(Cl)cc1N1C(=O)N(Cc2ccc(C#N)cc2)c2ccccc2S1(=O)=O. The van der Waals surface area contributed by atoms with Crippen molar-refractivity contribution in [2.24, 2.45) is 0 Å². The molecule has 0 saturated heterocycles. The normalized spacial score (nSPS) is 14.9. The minimum atomic E-state index is -4.12. The largest absolute Gasteiger partial charge is 0.343 e. The quantitative estimate of drug-likeness (QED) is 0.586. The second-order valence-electron chi connectivity index (χ2n) is 6.85. The lowest BCUT2D eigenvalue weighted by Crippen LogP contribution is -2.51. The number of nitrogens with zero attached hydrogens (tertiary/aromatic N) is 3. The van der Waals surface area contributed by atoms with E-state index in [0.717, 1.165) is 9.87 Å². The third kappa shape index (κ3) is 3.30. The summed E-state index contributed by atoms with van der Waals surface area (Å²) >= 11 is 6.10. The maximum absolute atomic E-state index is 13.5. The van der Waals surface area contributed by atoms with E-state index in [4.69, 9.17) is 16.9 Å². The van der Waals surface area contributed by atoms with E-state index in [9.17, 15) is 13.2 Å². The number of fused-ring (bicyclic) bond motifs is 1. The first-order valence-electron chi connectivity index (χ1n) is 9.04. The number of carbonyl (C=O) groups is 1. The molecule has 1 heterocycles. The molecule has 0 aromatic heterocycles. The minimum Gasteiger partial charge on any atom is -0.287 e. The fourth-order valence-electron chi connectivity index (χ4n) is 3.37. The van der Waals surface area contributed by atoms with Gasteiger partial charge in [0.15, 0.2) is 0 Å². The van der Waals surface area contributed by atoms with Gasteiger partial charge in [-0.15, -0.1) is 0 Å². The number of rotatable bonds is 3. The first-order valence-corrected chi connectivity index (χ1v) is 10.9. The number of hydrogen-bond acceptors (Lipinski definition) is 4. The number of hydrogen-bond donors (Lipinski definition) is 0. The standard InChI is InChI=1S/C22H16ClN3O3S/c1-15-6-11-18(23)12-20(15)26-22(27)25(14-17-9-7-16(13-24)8-10-17)19-4-2-3-5-21(19)30(26,28)29/h2-12H,14H2,1H3. The number of para-hydroxylation sites is 1. The molecule has 3 aromatic rings. The molecular formula is C22H16ClN3O3S. The molecule has 4 rings (SSSR count). The molecule has 150 valence electrons. The van der Waals surface area contributed by atoms with Crippen LogP contribution < -0.4 is 9.21 Å². The summed E-state index contributed by atoms with van der Waals surface area (Å²) in [6.45, 7) is 1.87. The Morgan fingerprint density at radius 2 is 1.70 bits per heavy atom. The molecule has 0 fully saturated rings. The Bertz CT molecular complexity index is 1300. The number of aryl methyl sites for hydroxylation is 1. The molecule has 1 aliphatic rings. The molecule has 0 N–H and O–H groups in total. The molecule has 0 radical (unpaired) electrons. The number of sulfonamides is 1. The molecule has 1 aliphatic heterocycles. The van der Waals surface area contributed by atoms with Crippen molar-refractivity contribution in [2.75, 3.05) is 9.21 Å². The molecule has 0 atom stereocenters. The fourth-order valence-corrected chi connectivity index (χ4v) is 5.18. The van der Waals surface area contributed by atoms with Gasteiger partial charge in [0.1, 0.15) is 4.90 Å². The molecule has 0 unspecified atom stereocenters. The Labute approximate surface area is 179 Å². The van der Waals surface area contributed by atoms with Gasteiger partial charge in [-0.05, 0) is 54.4 Å². The van der Waals surface area contributed by atoms with E-state index >= 15 is 0 Å². The third-order valence-corrected chi connectivity index (χ3v) is 6.86. The van der Waals surface area contributed by atoms with Crippen LogP contribution >= 0.6 is 11.6 Å². The smallest absolute Gasteiger partial charge is 0.287 e. The molecule has 0 bridgehead atoms. The first-order chi connectivity index (χ1) is 14.3. The molecule has 0 saturated carbocycles. The molecule has 0 aliphatic carbocycles. The van der Waals surface area contributed by atoms with Gasteiger partial charge in [-0.3, -0.25) is 4.90 Å². The van der Waals surface area contributed by atoms with Gasteiger partial charge in [0.05, 0.1) is 29.6 Å². The van der Waals surface area contributed by atoms with Crippen LogP contribution in [-0.4, -0.2) is 14.4 Å². The fraction of sp³-hybridized carbons (Fsp3) is 0.0909. The average molecular weight is 438 g/mol. The maximum atomic E-state index is 13.5. The molecule has 0 spiro atoms. The molecule has 8 heteroatoms. The van der Waals surface area contributed by atoms with E-state index in [-0.39, 0.29) is 17.1 Å². The summed E-state index contributed by atoms with van der Waals surface area (Å²) in [5.74, 6) is 0. The zero-order valence-electron chi connectivity index (χ0n) is 15.9. The van der Waals surface area contributed by atoms with Crippen molar-refractivity contribution in [3.8, 4) is 6.07 Å². The predicted octanol–water partition coefficient (Wildman–Crippen LogP) is 4.86. The molecule has 3 aromatic carbocycles. The first kappa shape index (κ1) is 20.0. The van der Waals surface area contributed by atoms with Crippen molar-refractivity contribution in [1.82, 2.24) is 0 Å². The summed E-state index contributed by atoms with van der Waals surface area (Å²) in [7, 11) is -4.12. The lowest BCUT2D eigenvalue weighted by atomic mass is 10.1. The molecular weight excluding hydrogens is 422 g/mol. The van der Waals surface area contributed by atoms with Crippen LogP contribution in [0.25, 0.3) is 0 Å². The maximum Gasteiger partial charge on any atom is 0.343 e. The topological polar surface area (TPSA) is 81.5 Å². The van der Waals surface area contributed by atoms with Crippen molar-refractivity contribution in [1.29, 1.82) is 5.26 Å². The van der Waals surface area contributed by atoms with E-state index in [1.165, 1.54) is 17.0 Å². The average Bonchev–Trinajstić information content (AvgIpc) is 2.74. The van der Waals surface area contributed by atoms with Gasteiger partial charge in [-0.2, -0.15) is 9.57 Å². The van der Waals surface area contributed by atoms with Gasteiger partial charge in [-0.25, -0.2) is 13.2 Å². The Morgan fingerprint density at radius 3 is 2.40 bits per heavy atom. The van der Waals surface area contributed by atoms with Gasteiger partial charge in [0, 0.05) is 5.02 Å². The Hall–Kier alpha value is -3.34. The van der Waals surface area contributed by atoms with Crippen LogP contribution in [0.2, 0.25) is 5.02 Å². The number of carbonyl (C=O) groups excluding carboxylic acids is 1. The monoisotopic (exact) mass is 437 g/mol. The number of benzene rings is 3. The summed E-state index contributed by atoms with van der Waals surface area (Å²) in [6.07, 6.45) is 0. The van der Waals surface area contributed by atoms with Crippen LogP contribution in [0.4, 0.5) is 16.2 Å². The summed E-state index contributed by atoms with van der Waals surface area (Å²) in [5.41, 5.74) is 2.39. The number of nitriles is 1. The van der Waals surface area contributed by atoms with Gasteiger partial charge in [0.2, 0.25) is 0 Å². The zero-order chi connectivity index (χ0) is 21.5. The van der Waals surface area contributed by atoms with Gasteiger partial charge in [-0.1, -0.05) is 41.9 Å². The van der Waals surface area contributed by atoms with Crippen LogP contribution in [0.3, 0.4) is 0 Å². The number of halogens is 1. The Kier molecular flexibility index (Phi) is 4.98.